The molecule has 0 radical (unpaired) electrons. The molecule has 0 amide bonds. The van der Waals surface area contributed by atoms with E-state index >= 15 is 0 Å². The molecule has 1 aromatic rings. The predicted octanol–water partition coefficient (Wildman–Crippen LogP) is 4.22. The van der Waals surface area contributed by atoms with Crippen LogP contribution in [0.1, 0.15) is 68.6 Å². The summed E-state index contributed by atoms with van der Waals surface area (Å²) in [6.45, 7) is 4.36. The Hall–Kier alpha value is -0.410. The van der Waals surface area contributed by atoms with Crippen molar-refractivity contribution in [2.45, 2.75) is 70.9 Å². The molecule has 3 heteroatoms. The number of thiazole rings is 1. The van der Waals surface area contributed by atoms with Gasteiger partial charge in [-0.3, -0.25) is 0 Å². The maximum Gasteiger partial charge on any atom is 0.110 e. The minimum atomic E-state index is 0.512. The number of hydrogen-bond acceptors (Lipinski definition) is 3. The number of nitrogens with zero attached hydrogens (tertiary/aromatic N) is 1. The Balaban J connectivity index is 1.83. The molecule has 0 aliphatic heterocycles. The molecule has 1 saturated carbocycles. The van der Waals surface area contributed by atoms with Gasteiger partial charge < -0.3 is 5.32 Å². The minimum absolute atomic E-state index is 0.512. The summed E-state index contributed by atoms with van der Waals surface area (Å²) in [5, 5.41) is 7.21. The highest BCUT2D eigenvalue weighted by Gasteiger charge is 2.26. The van der Waals surface area contributed by atoms with Gasteiger partial charge in [0.15, 0.2) is 0 Å². The molecule has 2 nitrogen and oxygen atoms in total. The SMILES string of the molecule is CCCCCCC(NC1CC1)c1nc(C)cs1. The molecule has 1 unspecified atom stereocenters. The van der Waals surface area contributed by atoms with Crippen LogP contribution in [0.5, 0.6) is 0 Å². The van der Waals surface area contributed by atoms with Gasteiger partial charge in [0.25, 0.3) is 0 Å². The Kier molecular flexibility index (Phi) is 4.99. The lowest BCUT2D eigenvalue weighted by Crippen LogP contribution is -2.23. The lowest BCUT2D eigenvalue weighted by molar-refractivity contribution is 0.466. The van der Waals surface area contributed by atoms with E-state index in [4.69, 9.17) is 0 Å². The van der Waals surface area contributed by atoms with Gasteiger partial charge in [0, 0.05) is 17.1 Å². The van der Waals surface area contributed by atoms with E-state index in [1.54, 1.807) is 0 Å². The number of aromatic nitrogens is 1. The standard InChI is InChI=1S/C14H24N2S/c1-3-4-5-6-7-13(16-12-8-9-12)14-15-11(2)10-17-14/h10,12-13,16H,3-9H2,1-2H3. The molecule has 0 saturated heterocycles. The van der Waals surface area contributed by atoms with Crippen LogP contribution in [-0.2, 0) is 0 Å². The molecule has 0 spiro atoms. The van der Waals surface area contributed by atoms with Crippen molar-refractivity contribution in [3.8, 4) is 0 Å². The Morgan fingerprint density at radius 1 is 1.41 bits per heavy atom. The van der Waals surface area contributed by atoms with Gasteiger partial charge >= 0.3 is 0 Å². The largest absolute Gasteiger partial charge is 0.305 e. The van der Waals surface area contributed by atoms with Gasteiger partial charge in [-0.05, 0) is 26.2 Å². The monoisotopic (exact) mass is 252 g/mol. The third-order valence-corrected chi connectivity index (χ3v) is 4.37. The average molecular weight is 252 g/mol. The summed E-state index contributed by atoms with van der Waals surface area (Å²) in [6.07, 6.45) is 9.35. The van der Waals surface area contributed by atoms with Crippen LogP contribution in [0, 0.1) is 6.92 Å². The highest BCUT2D eigenvalue weighted by molar-refractivity contribution is 7.09. The molecule has 1 aliphatic carbocycles. The number of unbranched alkanes of at least 4 members (excludes halogenated alkanes) is 3. The van der Waals surface area contributed by atoms with Crippen LogP contribution >= 0.6 is 11.3 Å². The second-order valence-electron chi connectivity index (χ2n) is 5.17. The fourth-order valence-electron chi connectivity index (χ4n) is 2.12. The molecular weight excluding hydrogens is 228 g/mol. The first-order valence-electron chi connectivity index (χ1n) is 6.97. The Morgan fingerprint density at radius 3 is 2.82 bits per heavy atom. The molecule has 1 atom stereocenters. The highest BCUT2D eigenvalue weighted by Crippen LogP contribution is 2.29. The van der Waals surface area contributed by atoms with E-state index < -0.39 is 0 Å². The summed E-state index contributed by atoms with van der Waals surface area (Å²) >= 11 is 1.82. The zero-order chi connectivity index (χ0) is 12.1. The van der Waals surface area contributed by atoms with Crippen LogP contribution in [0.2, 0.25) is 0 Å². The lowest BCUT2D eigenvalue weighted by Gasteiger charge is -2.16. The third-order valence-electron chi connectivity index (χ3n) is 3.30. The van der Waals surface area contributed by atoms with Crippen molar-refractivity contribution >= 4 is 11.3 Å². The van der Waals surface area contributed by atoms with Crippen LogP contribution in [-0.4, -0.2) is 11.0 Å². The fraction of sp³-hybridized carbons (Fsp3) is 0.786. The molecule has 1 heterocycles. The number of hydrogen-bond donors (Lipinski definition) is 1. The van der Waals surface area contributed by atoms with Gasteiger partial charge in [-0.1, -0.05) is 32.6 Å². The van der Waals surface area contributed by atoms with Gasteiger partial charge in [0.05, 0.1) is 6.04 Å². The highest BCUT2D eigenvalue weighted by atomic mass is 32.1. The van der Waals surface area contributed by atoms with Gasteiger partial charge in [-0.2, -0.15) is 0 Å². The van der Waals surface area contributed by atoms with Crippen LogP contribution in [0.15, 0.2) is 5.38 Å². The lowest BCUT2D eigenvalue weighted by atomic mass is 10.1. The van der Waals surface area contributed by atoms with Gasteiger partial charge in [-0.15, -0.1) is 11.3 Å². The van der Waals surface area contributed by atoms with Crippen molar-refractivity contribution in [3.63, 3.8) is 0 Å². The fourth-order valence-corrected chi connectivity index (χ4v) is 3.01. The molecule has 0 aromatic carbocycles. The molecule has 1 aromatic heterocycles. The average Bonchev–Trinajstić information content (AvgIpc) is 3.04. The first kappa shape index (κ1) is 13.0. The third kappa shape index (κ3) is 4.40. The van der Waals surface area contributed by atoms with E-state index in [2.05, 4.69) is 29.5 Å². The molecule has 0 bridgehead atoms. The zero-order valence-corrected chi connectivity index (χ0v) is 11.9. The van der Waals surface area contributed by atoms with E-state index in [0.717, 1.165) is 6.04 Å². The zero-order valence-electron chi connectivity index (χ0n) is 11.0. The first-order chi connectivity index (χ1) is 8.29. The van der Waals surface area contributed by atoms with Crippen LogP contribution in [0.3, 0.4) is 0 Å². The maximum atomic E-state index is 4.65. The second-order valence-corrected chi connectivity index (χ2v) is 6.06. The van der Waals surface area contributed by atoms with Crippen molar-refractivity contribution in [1.82, 2.24) is 10.3 Å². The summed E-state index contributed by atoms with van der Waals surface area (Å²) < 4.78 is 0. The molecule has 17 heavy (non-hydrogen) atoms. The summed E-state index contributed by atoms with van der Waals surface area (Å²) in [5.74, 6) is 0. The molecule has 2 rings (SSSR count). The van der Waals surface area contributed by atoms with Crippen molar-refractivity contribution in [1.29, 1.82) is 0 Å². The Labute approximate surface area is 109 Å². The van der Waals surface area contributed by atoms with Crippen LogP contribution in [0.25, 0.3) is 0 Å². The predicted molar refractivity (Wildman–Crippen MR) is 74.5 cm³/mol. The number of aryl methyl sites for hydroxylation is 1. The van der Waals surface area contributed by atoms with E-state index in [1.807, 2.05) is 11.3 Å². The van der Waals surface area contributed by atoms with E-state index in [1.165, 1.54) is 55.6 Å². The molecule has 1 fully saturated rings. The summed E-state index contributed by atoms with van der Waals surface area (Å²) in [5.41, 5.74) is 1.17. The normalized spacial score (nSPS) is 17.3. The number of nitrogens with one attached hydrogen (secondary N) is 1. The van der Waals surface area contributed by atoms with Gasteiger partial charge in [0.2, 0.25) is 0 Å². The quantitative estimate of drug-likeness (QED) is 0.701. The van der Waals surface area contributed by atoms with Crippen LogP contribution < -0.4 is 5.32 Å². The van der Waals surface area contributed by atoms with Gasteiger partial charge in [-0.25, -0.2) is 4.98 Å². The van der Waals surface area contributed by atoms with Crippen LogP contribution in [0.4, 0.5) is 0 Å². The molecule has 1 aliphatic rings. The minimum Gasteiger partial charge on any atom is -0.305 e. The summed E-state index contributed by atoms with van der Waals surface area (Å²) in [4.78, 5) is 4.65. The number of rotatable bonds is 8. The van der Waals surface area contributed by atoms with E-state index in [-0.39, 0.29) is 0 Å². The Bertz CT molecular complexity index is 331. The topological polar surface area (TPSA) is 24.9 Å². The maximum absolute atomic E-state index is 4.65. The van der Waals surface area contributed by atoms with Crippen molar-refractivity contribution in [2.24, 2.45) is 0 Å². The van der Waals surface area contributed by atoms with E-state index in [0.29, 0.717) is 6.04 Å². The van der Waals surface area contributed by atoms with Crippen molar-refractivity contribution in [2.75, 3.05) is 0 Å². The summed E-state index contributed by atoms with van der Waals surface area (Å²) in [6, 6.07) is 1.29. The molecule has 96 valence electrons. The van der Waals surface area contributed by atoms with E-state index in [9.17, 15) is 0 Å². The molecular formula is C14H24N2S. The second kappa shape index (κ2) is 6.50. The molecule has 1 N–H and O–H groups in total. The van der Waals surface area contributed by atoms with Crippen molar-refractivity contribution in [3.05, 3.63) is 16.1 Å². The smallest absolute Gasteiger partial charge is 0.110 e. The first-order valence-corrected chi connectivity index (χ1v) is 7.85. The van der Waals surface area contributed by atoms with Crippen molar-refractivity contribution < 1.29 is 0 Å². The summed E-state index contributed by atoms with van der Waals surface area (Å²) in [7, 11) is 0. The Morgan fingerprint density at radius 2 is 2.24 bits per heavy atom. The van der Waals surface area contributed by atoms with Gasteiger partial charge in [0.1, 0.15) is 5.01 Å².